The van der Waals surface area contributed by atoms with E-state index in [0.29, 0.717) is 10.6 Å². The summed E-state index contributed by atoms with van der Waals surface area (Å²) in [5.74, 6) is -0.150. The Hall–Kier alpha value is -1.05. The molecule has 1 aliphatic rings. The molecule has 0 unspecified atom stereocenters. The lowest BCUT2D eigenvalue weighted by atomic mass is 9.81. The lowest BCUT2D eigenvalue weighted by Gasteiger charge is -2.39. The van der Waals surface area contributed by atoms with Crippen LogP contribution in [0.1, 0.15) is 42.5 Å². The first-order chi connectivity index (χ1) is 9.50. The van der Waals surface area contributed by atoms with E-state index >= 15 is 0 Å². The third kappa shape index (κ3) is 2.84. The highest BCUT2D eigenvalue weighted by Crippen LogP contribution is 2.33. The van der Waals surface area contributed by atoms with E-state index in [4.69, 9.17) is 11.6 Å². The Kier molecular flexibility index (Phi) is 4.72. The fourth-order valence-electron chi connectivity index (χ4n) is 2.68. The molecule has 0 heterocycles. The number of nitriles is 1. The molecule has 20 heavy (non-hydrogen) atoms. The van der Waals surface area contributed by atoms with Gasteiger partial charge in [0, 0.05) is 17.1 Å². The van der Waals surface area contributed by atoms with Crippen molar-refractivity contribution in [3.8, 4) is 6.07 Å². The van der Waals surface area contributed by atoms with Gasteiger partial charge in [0.25, 0.3) is 5.91 Å². The fourth-order valence-corrected chi connectivity index (χ4v) is 3.10. The zero-order valence-corrected chi connectivity index (χ0v) is 13.7. The summed E-state index contributed by atoms with van der Waals surface area (Å²) in [4.78, 5) is 14.2. The molecular weight excluding hydrogens is 340 g/mol. The number of carbonyl (C=O) groups is 1. The van der Waals surface area contributed by atoms with Gasteiger partial charge in [-0.1, -0.05) is 30.9 Å². The molecule has 0 atom stereocenters. The van der Waals surface area contributed by atoms with Crippen LogP contribution in [0.25, 0.3) is 0 Å². The molecule has 0 spiro atoms. The SMILES string of the molecule is CN(C(=O)c1ccc(Br)c(Cl)c1)C1(C#N)CCCCC1. The summed E-state index contributed by atoms with van der Waals surface area (Å²) in [5, 5.41) is 10.0. The summed E-state index contributed by atoms with van der Waals surface area (Å²) in [7, 11) is 1.72. The van der Waals surface area contributed by atoms with Crippen molar-refractivity contribution in [3.63, 3.8) is 0 Å². The molecule has 0 saturated heterocycles. The second kappa shape index (κ2) is 6.15. The van der Waals surface area contributed by atoms with E-state index in [1.165, 1.54) is 0 Å². The third-order valence-electron chi connectivity index (χ3n) is 4.00. The molecule has 0 aliphatic heterocycles. The van der Waals surface area contributed by atoms with Crippen LogP contribution in [-0.4, -0.2) is 23.4 Å². The number of nitrogens with zero attached hydrogens (tertiary/aromatic N) is 2. The number of hydrogen-bond acceptors (Lipinski definition) is 2. The highest BCUT2D eigenvalue weighted by molar-refractivity contribution is 9.10. The highest BCUT2D eigenvalue weighted by Gasteiger charge is 2.39. The van der Waals surface area contributed by atoms with Crippen molar-refractivity contribution >= 4 is 33.4 Å². The number of hydrogen-bond donors (Lipinski definition) is 0. The van der Waals surface area contributed by atoms with E-state index in [0.717, 1.165) is 36.6 Å². The number of halogens is 2. The lowest BCUT2D eigenvalue weighted by molar-refractivity contribution is 0.0589. The van der Waals surface area contributed by atoms with Crippen LogP contribution in [0.5, 0.6) is 0 Å². The summed E-state index contributed by atoms with van der Waals surface area (Å²) < 4.78 is 0.756. The monoisotopic (exact) mass is 354 g/mol. The molecule has 0 N–H and O–H groups in total. The first kappa shape index (κ1) is 15.3. The predicted molar refractivity (Wildman–Crippen MR) is 82.7 cm³/mol. The van der Waals surface area contributed by atoms with Gasteiger partial charge in [0.2, 0.25) is 0 Å². The van der Waals surface area contributed by atoms with Crippen molar-refractivity contribution in [1.29, 1.82) is 5.26 Å². The van der Waals surface area contributed by atoms with Gasteiger partial charge in [0.05, 0.1) is 11.1 Å². The molecule has 1 amide bonds. The summed E-state index contributed by atoms with van der Waals surface area (Å²) >= 11 is 9.34. The topological polar surface area (TPSA) is 44.1 Å². The molecule has 0 aromatic heterocycles. The molecule has 5 heteroatoms. The van der Waals surface area contributed by atoms with Crippen LogP contribution in [0.2, 0.25) is 5.02 Å². The Morgan fingerprint density at radius 2 is 2.05 bits per heavy atom. The summed E-state index contributed by atoms with van der Waals surface area (Å²) in [6, 6.07) is 7.47. The quantitative estimate of drug-likeness (QED) is 0.789. The average Bonchev–Trinajstić information content (AvgIpc) is 2.49. The highest BCUT2D eigenvalue weighted by atomic mass is 79.9. The normalized spacial score (nSPS) is 17.3. The van der Waals surface area contributed by atoms with Crippen molar-refractivity contribution in [2.24, 2.45) is 0 Å². The van der Waals surface area contributed by atoms with Gasteiger partial charge in [0.1, 0.15) is 5.54 Å². The van der Waals surface area contributed by atoms with Crippen LogP contribution < -0.4 is 0 Å². The van der Waals surface area contributed by atoms with Crippen LogP contribution in [-0.2, 0) is 0 Å². The molecule has 0 bridgehead atoms. The first-order valence-corrected chi connectivity index (χ1v) is 7.82. The molecule has 0 radical (unpaired) electrons. The Labute approximate surface area is 132 Å². The largest absolute Gasteiger partial charge is 0.323 e. The van der Waals surface area contributed by atoms with Crippen LogP contribution in [0.3, 0.4) is 0 Å². The maximum atomic E-state index is 12.6. The van der Waals surface area contributed by atoms with Gasteiger partial charge in [-0.2, -0.15) is 5.26 Å². The van der Waals surface area contributed by atoms with E-state index in [9.17, 15) is 10.1 Å². The third-order valence-corrected chi connectivity index (χ3v) is 5.23. The Morgan fingerprint density at radius 3 is 2.60 bits per heavy atom. The summed E-state index contributed by atoms with van der Waals surface area (Å²) in [6.45, 7) is 0. The number of amides is 1. The minimum Gasteiger partial charge on any atom is -0.323 e. The zero-order valence-electron chi connectivity index (χ0n) is 11.3. The van der Waals surface area contributed by atoms with Gasteiger partial charge in [0.15, 0.2) is 0 Å². The number of carbonyl (C=O) groups excluding carboxylic acids is 1. The van der Waals surface area contributed by atoms with Crippen molar-refractivity contribution in [2.45, 2.75) is 37.6 Å². The van der Waals surface area contributed by atoms with Gasteiger partial charge in [-0.15, -0.1) is 0 Å². The van der Waals surface area contributed by atoms with E-state index in [2.05, 4.69) is 22.0 Å². The maximum Gasteiger partial charge on any atom is 0.254 e. The van der Waals surface area contributed by atoms with E-state index in [1.54, 1.807) is 30.1 Å². The molecule has 2 rings (SSSR count). The number of benzene rings is 1. The minimum absolute atomic E-state index is 0.150. The van der Waals surface area contributed by atoms with Crippen LogP contribution in [0.4, 0.5) is 0 Å². The molecule has 1 aromatic rings. The van der Waals surface area contributed by atoms with E-state index in [1.807, 2.05) is 0 Å². The molecule has 1 aromatic carbocycles. The van der Waals surface area contributed by atoms with E-state index < -0.39 is 5.54 Å². The summed E-state index contributed by atoms with van der Waals surface area (Å²) in [6.07, 6.45) is 4.61. The second-order valence-corrected chi connectivity index (χ2v) is 6.46. The van der Waals surface area contributed by atoms with Crippen molar-refractivity contribution < 1.29 is 4.79 Å². The zero-order chi connectivity index (χ0) is 14.8. The van der Waals surface area contributed by atoms with Crippen LogP contribution in [0, 0.1) is 11.3 Å². The smallest absolute Gasteiger partial charge is 0.254 e. The standard InChI is InChI=1S/C15H16BrClN2O/c1-19(15(10-18)7-3-2-4-8-15)14(20)11-5-6-12(16)13(17)9-11/h5-6,9H,2-4,7-8H2,1H3. The molecule has 1 saturated carbocycles. The fraction of sp³-hybridized carbons (Fsp3) is 0.467. The van der Waals surface area contributed by atoms with Gasteiger partial charge >= 0.3 is 0 Å². The van der Waals surface area contributed by atoms with Crippen LogP contribution >= 0.6 is 27.5 Å². The van der Waals surface area contributed by atoms with Crippen molar-refractivity contribution in [2.75, 3.05) is 7.05 Å². The molecule has 1 fully saturated rings. The maximum absolute atomic E-state index is 12.6. The molecule has 3 nitrogen and oxygen atoms in total. The number of rotatable bonds is 2. The minimum atomic E-state index is -0.672. The molecule has 1 aliphatic carbocycles. The van der Waals surface area contributed by atoms with Crippen LogP contribution in [0.15, 0.2) is 22.7 Å². The predicted octanol–water partition coefficient (Wildman–Crippen LogP) is 4.40. The van der Waals surface area contributed by atoms with Gasteiger partial charge in [-0.3, -0.25) is 4.79 Å². The van der Waals surface area contributed by atoms with Crippen molar-refractivity contribution in [3.05, 3.63) is 33.3 Å². The molecule has 106 valence electrons. The van der Waals surface area contributed by atoms with E-state index in [-0.39, 0.29) is 5.91 Å². The van der Waals surface area contributed by atoms with Gasteiger partial charge in [-0.05, 0) is 47.0 Å². The Morgan fingerprint density at radius 1 is 1.40 bits per heavy atom. The molecular formula is C15H16BrClN2O. The Bertz CT molecular complexity index is 561. The van der Waals surface area contributed by atoms with Crippen molar-refractivity contribution in [1.82, 2.24) is 4.90 Å². The second-order valence-electron chi connectivity index (χ2n) is 5.20. The van der Waals surface area contributed by atoms with Gasteiger partial charge in [-0.25, -0.2) is 0 Å². The average molecular weight is 356 g/mol. The first-order valence-electron chi connectivity index (χ1n) is 6.65. The van der Waals surface area contributed by atoms with Gasteiger partial charge < -0.3 is 4.90 Å². The lowest BCUT2D eigenvalue weighted by Crippen LogP contribution is -2.49. The Balaban J connectivity index is 2.27. The summed E-state index contributed by atoms with van der Waals surface area (Å²) in [5.41, 5.74) is -0.157.